The number of rotatable bonds is 3. The monoisotopic (exact) mass is 262 g/mol. The minimum atomic E-state index is 0.210. The van der Waals surface area contributed by atoms with Gasteiger partial charge in [0.25, 0.3) is 0 Å². The highest BCUT2D eigenvalue weighted by atomic mass is 16.2. The maximum Gasteiger partial charge on any atom is 0.236 e. The third-order valence-corrected chi connectivity index (χ3v) is 3.55. The first kappa shape index (κ1) is 13.9. The quantitative estimate of drug-likeness (QED) is 0.817. The molecular weight excluding hydrogens is 240 g/mol. The molecule has 0 radical (unpaired) electrons. The zero-order valence-corrected chi connectivity index (χ0v) is 12.0. The van der Waals surface area contributed by atoms with E-state index in [9.17, 15) is 4.79 Å². The van der Waals surface area contributed by atoms with Crippen molar-refractivity contribution in [3.8, 4) is 0 Å². The van der Waals surface area contributed by atoms with Crippen LogP contribution in [0.2, 0.25) is 0 Å². The second kappa shape index (κ2) is 6.10. The van der Waals surface area contributed by atoms with Crippen LogP contribution < -0.4 is 0 Å². The van der Waals surface area contributed by atoms with Gasteiger partial charge in [-0.2, -0.15) is 0 Å². The fraction of sp³-hybridized carbons (Fsp3) is 0.643. The van der Waals surface area contributed by atoms with Gasteiger partial charge < -0.3 is 9.80 Å². The molecule has 0 bridgehead atoms. The van der Waals surface area contributed by atoms with Crippen LogP contribution in [0.1, 0.15) is 30.0 Å². The van der Waals surface area contributed by atoms with E-state index in [1.54, 1.807) is 6.33 Å². The van der Waals surface area contributed by atoms with Gasteiger partial charge in [-0.15, -0.1) is 0 Å². The Bertz CT molecular complexity index is 447. The molecule has 1 saturated heterocycles. The summed E-state index contributed by atoms with van der Waals surface area (Å²) in [7, 11) is 3.85. The summed E-state index contributed by atoms with van der Waals surface area (Å²) in [6, 6.07) is 0. The average molecular weight is 262 g/mol. The van der Waals surface area contributed by atoms with Crippen molar-refractivity contribution in [2.45, 2.75) is 25.7 Å². The van der Waals surface area contributed by atoms with Gasteiger partial charge in [0.2, 0.25) is 5.91 Å². The molecule has 0 aromatic carbocycles. The Morgan fingerprint density at radius 3 is 3.00 bits per heavy atom. The van der Waals surface area contributed by atoms with Crippen LogP contribution in [0.15, 0.2) is 12.5 Å². The highest BCUT2D eigenvalue weighted by molar-refractivity contribution is 5.78. The molecule has 1 aliphatic rings. The standard InChI is InChI=1S/C14H22N4O/c1-11-7-15-10-16-14(11)12-5-4-6-18(8-12)13(19)9-17(2)3/h7,10,12H,4-6,8-9H2,1-3H3. The summed E-state index contributed by atoms with van der Waals surface area (Å²) in [5.74, 6) is 0.560. The third kappa shape index (κ3) is 3.50. The molecular formula is C14H22N4O. The molecule has 19 heavy (non-hydrogen) atoms. The van der Waals surface area contributed by atoms with Gasteiger partial charge in [0.05, 0.1) is 12.2 Å². The number of piperidine rings is 1. The topological polar surface area (TPSA) is 49.3 Å². The smallest absolute Gasteiger partial charge is 0.236 e. The number of likely N-dealkylation sites (N-methyl/N-ethyl adjacent to an activating group) is 1. The zero-order chi connectivity index (χ0) is 13.8. The van der Waals surface area contributed by atoms with E-state index in [2.05, 4.69) is 9.97 Å². The van der Waals surface area contributed by atoms with Crippen LogP contribution in [0.3, 0.4) is 0 Å². The minimum Gasteiger partial charge on any atom is -0.341 e. The predicted octanol–water partition coefficient (Wildman–Crippen LogP) is 1.05. The van der Waals surface area contributed by atoms with Gasteiger partial charge in [-0.25, -0.2) is 9.97 Å². The van der Waals surface area contributed by atoms with E-state index in [-0.39, 0.29) is 5.91 Å². The van der Waals surface area contributed by atoms with Gasteiger partial charge in [-0.05, 0) is 39.4 Å². The van der Waals surface area contributed by atoms with Crippen molar-refractivity contribution in [2.75, 3.05) is 33.7 Å². The number of likely N-dealkylation sites (tertiary alicyclic amines) is 1. The Labute approximate surface area is 114 Å². The van der Waals surface area contributed by atoms with Crippen LogP contribution in [-0.4, -0.2) is 59.4 Å². The summed E-state index contributed by atoms with van der Waals surface area (Å²) in [4.78, 5) is 24.4. The summed E-state index contributed by atoms with van der Waals surface area (Å²) >= 11 is 0. The Morgan fingerprint density at radius 2 is 2.32 bits per heavy atom. The molecule has 0 N–H and O–H groups in total. The first-order valence-corrected chi connectivity index (χ1v) is 6.77. The van der Waals surface area contributed by atoms with Crippen LogP contribution in [0.5, 0.6) is 0 Å². The second-order valence-electron chi connectivity index (χ2n) is 5.51. The fourth-order valence-corrected chi connectivity index (χ4v) is 2.63. The molecule has 104 valence electrons. The highest BCUT2D eigenvalue weighted by Gasteiger charge is 2.26. The van der Waals surface area contributed by atoms with Crippen LogP contribution in [0.25, 0.3) is 0 Å². The molecule has 1 aliphatic heterocycles. The third-order valence-electron chi connectivity index (χ3n) is 3.55. The van der Waals surface area contributed by atoms with E-state index in [1.165, 1.54) is 0 Å². The van der Waals surface area contributed by atoms with Gasteiger partial charge in [0.15, 0.2) is 0 Å². The molecule has 5 heteroatoms. The zero-order valence-electron chi connectivity index (χ0n) is 12.0. The van der Waals surface area contributed by atoms with E-state index in [1.807, 2.05) is 37.0 Å². The molecule has 1 fully saturated rings. The Morgan fingerprint density at radius 1 is 1.53 bits per heavy atom. The normalized spacial score (nSPS) is 19.8. The molecule has 1 aromatic heterocycles. The fourth-order valence-electron chi connectivity index (χ4n) is 2.63. The molecule has 1 amide bonds. The van der Waals surface area contributed by atoms with E-state index in [0.717, 1.165) is 37.2 Å². The Kier molecular flexibility index (Phi) is 4.47. The number of carbonyl (C=O) groups is 1. The number of nitrogens with zero attached hydrogens (tertiary/aromatic N) is 4. The van der Waals surface area contributed by atoms with E-state index >= 15 is 0 Å². The molecule has 5 nitrogen and oxygen atoms in total. The molecule has 1 atom stereocenters. The lowest BCUT2D eigenvalue weighted by Gasteiger charge is -2.33. The molecule has 0 spiro atoms. The van der Waals surface area contributed by atoms with Crippen molar-refractivity contribution in [3.63, 3.8) is 0 Å². The van der Waals surface area contributed by atoms with Crippen LogP contribution in [-0.2, 0) is 4.79 Å². The van der Waals surface area contributed by atoms with E-state index in [0.29, 0.717) is 12.5 Å². The average Bonchev–Trinajstić information content (AvgIpc) is 2.38. The number of aromatic nitrogens is 2. The van der Waals surface area contributed by atoms with Crippen LogP contribution in [0, 0.1) is 6.92 Å². The van der Waals surface area contributed by atoms with Crippen molar-refractivity contribution in [3.05, 3.63) is 23.8 Å². The molecule has 2 heterocycles. The summed E-state index contributed by atoms with van der Waals surface area (Å²) in [5, 5.41) is 0. The Hall–Kier alpha value is -1.49. The minimum absolute atomic E-state index is 0.210. The largest absolute Gasteiger partial charge is 0.341 e. The lowest BCUT2D eigenvalue weighted by molar-refractivity contribution is -0.133. The van der Waals surface area contributed by atoms with Gasteiger partial charge in [0.1, 0.15) is 6.33 Å². The SMILES string of the molecule is Cc1cncnc1C1CCCN(C(=O)CN(C)C)C1. The highest BCUT2D eigenvalue weighted by Crippen LogP contribution is 2.27. The van der Waals surface area contributed by atoms with Crippen molar-refractivity contribution < 1.29 is 4.79 Å². The lowest BCUT2D eigenvalue weighted by atomic mass is 9.92. The number of hydrogen-bond acceptors (Lipinski definition) is 4. The molecule has 0 saturated carbocycles. The van der Waals surface area contributed by atoms with Crippen molar-refractivity contribution in [1.82, 2.24) is 19.8 Å². The van der Waals surface area contributed by atoms with Gasteiger partial charge in [-0.3, -0.25) is 4.79 Å². The predicted molar refractivity (Wildman–Crippen MR) is 73.9 cm³/mol. The van der Waals surface area contributed by atoms with Gasteiger partial charge in [-0.1, -0.05) is 0 Å². The lowest BCUT2D eigenvalue weighted by Crippen LogP contribution is -2.43. The Balaban J connectivity index is 2.05. The number of aryl methyl sites for hydroxylation is 1. The summed E-state index contributed by atoms with van der Waals surface area (Å²) in [5.41, 5.74) is 2.21. The first-order valence-electron chi connectivity index (χ1n) is 6.77. The van der Waals surface area contributed by atoms with Gasteiger partial charge >= 0.3 is 0 Å². The summed E-state index contributed by atoms with van der Waals surface area (Å²) < 4.78 is 0. The van der Waals surface area contributed by atoms with Crippen molar-refractivity contribution >= 4 is 5.91 Å². The van der Waals surface area contributed by atoms with Crippen LogP contribution >= 0.6 is 0 Å². The number of carbonyl (C=O) groups excluding carboxylic acids is 1. The van der Waals surface area contributed by atoms with Crippen molar-refractivity contribution in [2.24, 2.45) is 0 Å². The molecule has 1 unspecified atom stereocenters. The summed E-state index contributed by atoms with van der Waals surface area (Å²) in [6.07, 6.45) is 5.60. The number of hydrogen-bond donors (Lipinski definition) is 0. The maximum atomic E-state index is 12.1. The number of amides is 1. The molecule has 1 aromatic rings. The van der Waals surface area contributed by atoms with Crippen molar-refractivity contribution in [1.29, 1.82) is 0 Å². The van der Waals surface area contributed by atoms with Crippen LogP contribution in [0.4, 0.5) is 0 Å². The molecule has 2 rings (SSSR count). The molecule has 0 aliphatic carbocycles. The van der Waals surface area contributed by atoms with E-state index < -0.39 is 0 Å². The first-order chi connectivity index (χ1) is 9.08. The summed E-state index contributed by atoms with van der Waals surface area (Å²) in [6.45, 7) is 4.17. The van der Waals surface area contributed by atoms with E-state index in [4.69, 9.17) is 0 Å². The maximum absolute atomic E-state index is 12.1. The van der Waals surface area contributed by atoms with Gasteiger partial charge in [0, 0.05) is 25.2 Å². The second-order valence-corrected chi connectivity index (χ2v) is 5.51.